The minimum atomic E-state index is 0.361. The van der Waals surface area contributed by atoms with Crippen LogP contribution < -0.4 is 0 Å². The summed E-state index contributed by atoms with van der Waals surface area (Å²) in [6.07, 6.45) is 0. The first-order chi connectivity index (χ1) is 11.3. The standard InChI is InChI=1S/C22H17Cl/c1-15-19-13-12-18(23)14-20(19)22(17-10-6-3-7-11-17)21(15)16-8-4-2-5-9-16/h2-15H,1H3. The minimum absolute atomic E-state index is 0.361. The maximum absolute atomic E-state index is 6.29. The first-order valence-electron chi connectivity index (χ1n) is 7.90. The lowest BCUT2D eigenvalue weighted by atomic mass is 9.91. The van der Waals surface area contributed by atoms with Gasteiger partial charge in [-0.25, -0.2) is 0 Å². The van der Waals surface area contributed by atoms with E-state index in [-0.39, 0.29) is 0 Å². The van der Waals surface area contributed by atoms with Crippen molar-refractivity contribution in [1.82, 2.24) is 0 Å². The van der Waals surface area contributed by atoms with Gasteiger partial charge in [-0.3, -0.25) is 0 Å². The lowest BCUT2D eigenvalue weighted by Crippen LogP contribution is -1.93. The molecule has 0 saturated heterocycles. The van der Waals surface area contributed by atoms with Gasteiger partial charge in [0.1, 0.15) is 0 Å². The molecule has 0 N–H and O–H groups in total. The highest BCUT2D eigenvalue weighted by Gasteiger charge is 2.29. The summed E-state index contributed by atoms with van der Waals surface area (Å²) >= 11 is 6.29. The number of hydrogen-bond acceptors (Lipinski definition) is 0. The SMILES string of the molecule is CC1C(c2ccccc2)=C(c2ccccc2)c2cc(Cl)ccc21. The second kappa shape index (κ2) is 5.72. The summed E-state index contributed by atoms with van der Waals surface area (Å²) in [7, 11) is 0. The molecule has 0 radical (unpaired) electrons. The van der Waals surface area contributed by atoms with Gasteiger partial charge in [-0.15, -0.1) is 0 Å². The zero-order valence-electron chi connectivity index (χ0n) is 13.0. The van der Waals surface area contributed by atoms with Gasteiger partial charge in [-0.05, 0) is 45.5 Å². The summed E-state index contributed by atoms with van der Waals surface area (Å²) in [5, 5.41) is 0.790. The second-order valence-electron chi connectivity index (χ2n) is 5.97. The molecule has 0 fully saturated rings. The number of halogens is 1. The first kappa shape index (κ1) is 14.3. The van der Waals surface area contributed by atoms with E-state index in [1.54, 1.807) is 0 Å². The Morgan fingerprint density at radius 2 is 1.35 bits per heavy atom. The summed E-state index contributed by atoms with van der Waals surface area (Å²) in [4.78, 5) is 0. The molecule has 3 aromatic rings. The Kier molecular flexibility index (Phi) is 3.55. The number of hydrogen-bond donors (Lipinski definition) is 0. The van der Waals surface area contributed by atoms with Crippen LogP contribution in [0.15, 0.2) is 78.9 Å². The lowest BCUT2D eigenvalue weighted by Gasteiger charge is -2.13. The molecule has 1 aliphatic rings. The van der Waals surface area contributed by atoms with Crippen molar-refractivity contribution >= 4 is 22.7 Å². The molecule has 112 valence electrons. The molecule has 1 atom stereocenters. The molecule has 23 heavy (non-hydrogen) atoms. The molecule has 3 aromatic carbocycles. The van der Waals surface area contributed by atoms with E-state index in [0.717, 1.165) is 5.02 Å². The summed E-state index contributed by atoms with van der Waals surface area (Å²) in [5.41, 5.74) is 7.84. The van der Waals surface area contributed by atoms with Crippen LogP contribution in [0.5, 0.6) is 0 Å². The Balaban J connectivity index is 2.03. The van der Waals surface area contributed by atoms with Gasteiger partial charge in [-0.1, -0.05) is 85.3 Å². The van der Waals surface area contributed by atoms with Gasteiger partial charge in [0.25, 0.3) is 0 Å². The van der Waals surface area contributed by atoms with Gasteiger partial charge in [-0.2, -0.15) is 0 Å². The van der Waals surface area contributed by atoms with Gasteiger partial charge >= 0.3 is 0 Å². The van der Waals surface area contributed by atoms with Crippen LogP contribution >= 0.6 is 11.6 Å². The highest BCUT2D eigenvalue weighted by Crippen LogP contribution is 2.49. The highest BCUT2D eigenvalue weighted by atomic mass is 35.5. The van der Waals surface area contributed by atoms with E-state index in [0.29, 0.717) is 5.92 Å². The molecule has 0 saturated carbocycles. The molecule has 0 spiro atoms. The van der Waals surface area contributed by atoms with E-state index in [1.165, 1.54) is 33.4 Å². The Morgan fingerprint density at radius 3 is 2.00 bits per heavy atom. The molecule has 1 heteroatoms. The van der Waals surface area contributed by atoms with Crippen LogP contribution in [0.4, 0.5) is 0 Å². The number of allylic oxidation sites excluding steroid dienone is 1. The average Bonchev–Trinajstić information content (AvgIpc) is 2.88. The van der Waals surface area contributed by atoms with E-state index in [4.69, 9.17) is 11.6 Å². The Hall–Kier alpha value is -2.31. The highest BCUT2D eigenvalue weighted by molar-refractivity contribution is 6.31. The summed E-state index contributed by atoms with van der Waals surface area (Å²) in [5.74, 6) is 0.361. The third kappa shape index (κ3) is 2.40. The van der Waals surface area contributed by atoms with Gasteiger partial charge < -0.3 is 0 Å². The van der Waals surface area contributed by atoms with E-state index in [9.17, 15) is 0 Å². The van der Waals surface area contributed by atoms with Gasteiger partial charge in [0, 0.05) is 10.9 Å². The van der Waals surface area contributed by atoms with Gasteiger partial charge in [0.05, 0.1) is 0 Å². The Morgan fingerprint density at radius 1 is 0.739 bits per heavy atom. The molecular weight excluding hydrogens is 300 g/mol. The molecule has 4 rings (SSSR count). The number of fused-ring (bicyclic) bond motifs is 1. The van der Waals surface area contributed by atoms with Crippen molar-refractivity contribution in [3.8, 4) is 0 Å². The predicted octanol–water partition coefficient (Wildman–Crippen LogP) is 6.42. The lowest BCUT2D eigenvalue weighted by molar-refractivity contribution is 1.01. The van der Waals surface area contributed by atoms with E-state index < -0.39 is 0 Å². The smallest absolute Gasteiger partial charge is 0.0412 e. The number of rotatable bonds is 2. The molecule has 0 aromatic heterocycles. The molecule has 0 amide bonds. The number of benzene rings is 3. The van der Waals surface area contributed by atoms with Crippen LogP contribution in [0, 0.1) is 0 Å². The van der Waals surface area contributed by atoms with Crippen LogP contribution in [-0.2, 0) is 0 Å². The maximum atomic E-state index is 6.29. The fourth-order valence-electron chi connectivity index (χ4n) is 3.57. The third-order valence-corrected chi connectivity index (χ3v) is 4.84. The molecule has 0 aliphatic heterocycles. The van der Waals surface area contributed by atoms with E-state index in [1.807, 2.05) is 6.07 Å². The predicted molar refractivity (Wildman–Crippen MR) is 98.7 cm³/mol. The summed E-state index contributed by atoms with van der Waals surface area (Å²) < 4.78 is 0. The van der Waals surface area contributed by atoms with Gasteiger partial charge in [0.15, 0.2) is 0 Å². The van der Waals surface area contributed by atoms with E-state index in [2.05, 4.69) is 79.7 Å². The van der Waals surface area contributed by atoms with Crippen LogP contribution in [0.2, 0.25) is 5.02 Å². The summed E-state index contributed by atoms with van der Waals surface area (Å²) in [6, 6.07) is 27.5. The van der Waals surface area contributed by atoms with Crippen molar-refractivity contribution in [3.63, 3.8) is 0 Å². The van der Waals surface area contributed by atoms with Crippen LogP contribution in [0.1, 0.15) is 35.1 Å². The van der Waals surface area contributed by atoms with Crippen molar-refractivity contribution in [1.29, 1.82) is 0 Å². The molecule has 0 bridgehead atoms. The minimum Gasteiger partial charge on any atom is -0.0843 e. The Bertz CT molecular complexity index is 876. The van der Waals surface area contributed by atoms with Crippen molar-refractivity contribution in [2.75, 3.05) is 0 Å². The quantitative estimate of drug-likeness (QED) is 0.512. The molecule has 1 unspecified atom stereocenters. The van der Waals surface area contributed by atoms with Gasteiger partial charge in [0.2, 0.25) is 0 Å². The molecule has 0 heterocycles. The monoisotopic (exact) mass is 316 g/mol. The fourth-order valence-corrected chi connectivity index (χ4v) is 3.74. The molecule has 1 aliphatic carbocycles. The van der Waals surface area contributed by atoms with E-state index >= 15 is 0 Å². The zero-order valence-corrected chi connectivity index (χ0v) is 13.7. The van der Waals surface area contributed by atoms with Crippen molar-refractivity contribution in [2.45, 2.75) is 12.8 Å². The largest absolute Gasteiger partial charge is 0.0843 e. The zero-order chi connectivity index (χ0) is 15.8. The van der Waals surface area contributed by atoms with Crippen molar-refractivity contribution in [3.05, 3.63) is 106 Å². The van der Waals surface area contributed by atoms with Crippen LogP contribution in [-0.4, -0.2) is 0 Å². The van der Waals surface area contributed by atoms with Crippen molar-refractivity contribution < 1.29 is 0 Å². The average molecular weight is 317 g/mol. The maximum Gasteiger partial charge on any atom is 0.0412 e. The Labute approximate surface area is 142 Å². The normalized spacial score (nSPS) is 16.5. The molecule has 0 nitrogen and oxygen atoms in total. The van der Waals surface area contributed by atoms with Crippen LogP contribution in [0.3, 0.4) is 0 Å². The van der Waals surface area contributed by atoms with Crippen molar-refractivity contribution in [2.24, 2.45) is 0 Å². The summed E-state index contributed by atoms with van der Waals surface area (Å²) in [6.45, 7) is 2.28. The first-order valence-corrected chi connectivity index (χ1v) is 8.28. The third-order valence-electron chi connectivity index (χ3n) is 4.60. The topological polar surface area (TPSA) is 0 Å². The second-order valence-corrected chi connectivity index (χ2v) is 6.41. The van der Waals surface area contributed by atoms with Crippen LogP contribution in [0.25, 0.3) is 11.1 Å². The fraction of sp³-hybridized carbons (Fsp3) is 0.0909. The molecular formula is C22H17Cl.